The van der Waals surface area contributed by atoms with Crippen molar-refractivity contribution in [1.29, 1.82) is 0 Å². The molecule has 58 heavy (non-hydrogen) atoms. The van der Waals surface area contributed by atoms with Crippen molar-refractivity contribution < 1.29 is 47.4 Å². The van der Waals surface area contributed by atoms with Crippen LogP contribution in [0.25, 0.3) is 22.3 Å². The van der Waals surface area contributed by atoms with E-state index >= 15 is 0 Å². The minimum atomic E-state index is -0.384. The third-order valence-electron chi connectivity index (χ3n) is 10.5. The van der Waals surface area contributed by atoms with Gasteiger partial charge in [0.1, 0.15) is 92.3 Å². The zero-order chi connectivity index (χ0) is 39.0. The fraction of sp³-hybridized carbons (Fsp3) is 0.348. The highest BCUT2D eigenvalue weighted by molar-refractivity contribution is 14.1. The number of epoxide rings is 5. The second-order valence-corrected chi connectivity index (χ2v) is 17.5. The predicted molar refractivity (Wildman–Crippen MR) is 233 cm³/mol. The van der Waals surface area contributed by atoms with Crippen molar-refractivity contribution in [1.82, 2.24) is 0 Å². The molecule has 5 aromatic carbocycles. The number of rotatable bonds is 20. The van der Waals surface area contributed by atoms with Gasteiger partial charge in [-0.15, -0.1) is 0 Å². The number of halogens is 2. The van der Waals surface area contributed by atoms with Crippen LogP contribution in [0.3, 0.4) is 0 Å². The molecule has 10 rings (SSSR count). The molecule has 300 valence electrons. The summed E-state index contributed by atoms with van der Waals surface area (Å²) in [7, 11) is 0. The Bertz CT molecular complexity index is 2110. The average Bonchev–Trinajstić information content (AvgIpc) is 4.04. The Balaban J connectivity index is 1.11. The monoisotopic (exact) mass is 1010 g/mol. The van der Waals surface area contributed by atoms with Crippen molar-refractivity contribution in [2.24, 2.45) is 0 Å². The highest BCUT2D eigenvalue weighted by Gasteiger charge is 2.33. The summed E-state index contributed by atoms with van der Waals surface area (Å²) in [6.07, 6.45) is 0.593. The number of ether oxygens (including phenoxy) is 10. The molecule has 0 aliphatic carbocycles. The van der Waals surface area contributed by atoms with E-state index in [1.807, 2.05) is 24.3 Å². The Kier molecular flexibility index (Phi) is 11.4. The third-order valence-corrected chi connectivity index (χ3v) is 11.9. The fourth-order valence-corrected chi connectivity index (χ4v) is 8.89. The summed E-state index contributed by atoms with van der Waals surface area (Å²) in [5.41, 5.74) is 7.15. The van der Waals surface area contributed by atoms with E-state index in [0.29, 0.717) is 52.9 Å². The molecule has 10 nitrogen and oxygen atoms in total. The van der Waals surface area contributed by atoms with Gasteiger partial charge in [0, 0.05) is 26.2 Å². The molecule has 5 heterocycles. The van der Waals surface area contributed by atoms with E-state index in [2.05, 4.69) is 118 Å². The van der Waals surface area contributed by atoms with Crippen LogP contribution < -0.4 is 23.7 Å². The Hall–Kier alpha value is -3.64. The number of hydrogen-bond donors (Lipinski definition) is 0. The van der Waals surface area contributed by atoms with Gasteiger partial charge in [-0.2, -0.15) is 0 Å². The van der Waals surface area contributed by atoms with Gasteiger partial charge in [-0.3, -0.25) is 0 Å². The summed E-state index contributed by atoms with van der Waals surface area (Å²) in [6, 6.07) is 33.8. The normalized spacial score (nSPS) is 22.8. The van der Waals surface area contributed by atoms with Crippen LogP contribution in [0.5, 0.6) is 28.7 Å². The summed E-state index contributed by atoms with van der Waals surface area (Å²) in [5, 5.41) is 0. The molecule has 5 aliphatic heterocycles. The molecule has 5 fully saturated rings. The van der Waals surface area contributed by atoms with Gasteiger partial charge < -0.3 is 47.4 Å². The lowest BCUT2D eigenvalue weighted by atomic mass is 9.81. The molecule has 12 heteroatoms. The molecular weight excluding hydrogens is 966 g/mol. The van der Waals surface area contributed by atoms with Crippen LogP contribution in [0.2, 0.25) is 0 Å². The molecule has 0 N–H and O–H groups in total. The lowest BCUT2D eigenvalue weighted by Gasteiger charge is -2.27. The van der Waals surface area contributed by atoms with Crippen molar-refractivity contribution in [3.05, 3.63) is 121 Å². The summed E-state index contributed by atoms with van der Waals surface area (Å²) in [5.74, 6) is 3.58. The van der Waals surface area contributed by atoms with Crippen LogP contribution in [-0.2, 0) is 23.7 Å². The SMILES string of the molecule is Ic1cc(I)c(OCC2CO2)c(C(c2cc(-c3ccc(OCC4CO4)cc3)ccc2OCC2CO2)c2cc(-c3ccc(OCC4CO4)cc3)ccc2OCC2CO2)c1. The second kappa shape index (κ2) is 17.1. The Labute approximate surface area is 364 Å². The molecule has 0 saturated carbocycles. The maximum atomic E-state index is 6.71. The second-order valence-electron chi connectivity index (χ2n) is 15.1. The topological polar surface area (TPSA) is 109 Å². The Morgan fingerprint density at radius 2 is 0.810 bits per heavy atom. The first kappa shape index (κ1) is 38.6. The van der Waals surface area contributed by atoms with Crippen molar-refractivity contribution >= 4 is 45.2 Å². The van der Waals surface area contributed by atoms with Crippen molar-refractivity contribution in [3.8, 4) is 51.0 Å². The highest BCUT2D eigenvalue weighted by atomic mass is 127. The van der Waals surface area contributed by atoms with Crippen molar-refractivity contribution in [2.75, 3.05) is 66.1 Å². The summed E-state index contributed by atoms with van der Waals surface area (Å²) < 4.78 is 61.6. The first-order valence-electron chi connectivity index (χ1n) is 19.7. The van der Waals surface area contributed by atoms with E-state index in [1.165, 1.54) is 0 Å². The molecular formula is C46H42I2O10. The first-order chi connectivity index (χ1) is 28.5. The van der Waals surface area contributed by atoms with Crippen molar-refractivity contribution in [3.63, 3.8) is 0 Å². The molecule has 0 amide bonds. The zero-order valence-corrected chi connectivity index (χ0v) is 35.9. The zero-order valence-electron chi connectivity index (χ0n) is 31.6. The van der Waals surface area contributed by atoms with Gasteiger partial charge in [0.2, 0.25) is 0 Å². The lowest BCUT2D eigenvalue weighted by molar-refractivity contribution is 0.255. The molecule has 5 aromatic rings. The highest BCUT2D eigenvalue weighted by Crippen LogP contribution is 2.48. The van der Waals surface area contributed by atoms with Gasteiger partial charge in [-0.05, 0) is 128 Å². The molecule has 0 radical (unpaired) electrons. The maximum absolute atomic E-state index is 6.71. The molecule has 5 unspecified atom stereocenters. The average molecular weight is 1010 g/mol. The van der Waals surface area contributed by atoms with Crippen LogP contribution >= 0.6 is 45.2 Å². The first-order valence-corrected chi connectivity index (χ1v) is 21.8. The summed E-state index contributed by atoms with van der Waals surface area (Å²) in [4.78, 5) is 0. The Morgan fingerprint density at radius 1 is 0.431 bits per heavy atom. The third kappa shape index (κ3) is 9.86. The van der Waals surface area contributed by atoms with Gasteiger partial charge in [0.15, 0.2) is 0 Å². The molecule has 5 saturated heterocycles. The minimum absolute atomic E-state index is 0.0696. The number of benzene rings is 5. The van der Waals surface area contributed by atoms with Crippen LogP contribution in [0.1, 0.15) is 22.6 Å². The van der Waals surface area contributed by atoms with E-state index < -0.39 is 0 Å². The number of hydrogen-bond acceptors (Lipinski definition) is 10. The standard InChI is InChI=1S/C46H42I2O10/c47-31-15-41(46(42(48)16-31)58-26-38-23-55-38)45(39-13-29(5-11-43(39)56-24-36-21-53-36)27-1-7-32(8-2-27)49-17-34-19-51-34)40-14-30(6-12-44(40)57-25-37-22-54-37)28-3-9-33(10-4-28)50-18-35-20-52-35/h1-16,34-38,45H,17-26H2. The van der Waals surface area contributed by atoms with Gasteiger partial charge in [0.25, 0.3) is 0 Å². The van der Waals surface area contributed by atoms with Crippen LogP contribution in [-0.4, -0.2) is 96.6 Å². The van der Waals surface area contributed by atoms with E-state index in [1.54, 1.807) is 0 Å². The van der Waals surface area contributed by atoms with Gasteiger partial charge in [-0.25, -0.2) is 0 Å². The molecule has 0 aromatic heterocycles. The van der Waals surface area contributed by atoms with Gasteiger partial charge >= 0.3 is 0 Å². The summed E-state index contributed by atoms with van der Waals surface area (Å²) in [6.45, 7) is 6.06. The van der Waals surface area contributed by atoms with Crippen LogP contribution in [0.4, 0.5) is 0 Å². The van der Waals surface area contributed by atoms with E-state index in [0.717, 1.165) is 88.0 Å². The molecule has 5 aliphatic rings. The Morgan fingerprint density at radius 3 is 1.22 bits per heavy atom. The molecule has 0 spiro atoms. The maximum Gasteiger partial charge on any atom is 0.136 e. The van der Waals surface area contributed by atoms with Crippen LogP contribution in [0.15, 0.2) is 97.1 Å². The lowest BCUT2D eigenvalue weighted by Crippen LogP contribution is -2.15. The predicted octanol–water partition coefficient (Wildman–Crippen LogP) is 8.30. The van der Waals surface area contributed by atoms with E-state index in [4.69, 9.17) is 47.4 Å². The summed E-state index contributed by atoms with van der Waals surface area (Å²) >= 11 is 4.80. The largest absolute Gasteiger partial charge is 0.491 e. The molecule has 0 bridgehead atoms. The van der Waals surface area contributed by atoms with Gasteiger partial charge in [-0.1, -0.05) is 36.4 Å². The van der Waals surface area contributed by atoms with Gasteiger partial charge in [0.05, 0.1) is 36.6 Å². The smallest absolute Gasteiger partial charge is 0.136 e. The molecule has 5 atom stereocenters. The minimum Gasteiger partial charge on any atom is -0.491 e. The quantitative estimate of drug-likeness (QED) is 0.0430. The van der Waals surface area contributed by atoms with E-state index in [-0.39, 0.29) is 36.4 Å². The van der Waals surface area contributed by atoms with Crippen LogP contribution in [0, 0.1) is 7.14 Å². The van der Waals surface area contributed by atoms with Crippen molar-refractivity contribution in [2.45, 2.75) is 36.4 Å². The van der Waals surface area contributed by atoms with E-state index in [9.17, 15) is 0 Å². The fourth-order valence-electron chi connectivity index (χ4n) is 6.85.